The minimum absolute atomic E-state index is 0.0100. The van der Waals surface area contributed by atoms with Crippen molar-refractivity contribution in [3.05, 3.63) is 83.1 Å². The molecule has 1 aromatic carbocycles. The average molecular weight is 443 g/mol. The Morgan fingerprint density at radius 3 is 2.70 bits per heavy atom. The summed E-state index contributed by atoms with van der Waals surface area (Å²) in [7, 11) is 0. The maximum absolute atomic E-state index is 12.6. The lowest BCUT2D eigenvalue weighted by Gasteiger charge is -2.17. The van der Waals surface area contributed by atoms with Crippen molar-refractivity contribution < 1.29 is 14.0 Å². The number of benzene rings is 1. The van der Waals surface area contributed by atoms with Crippen LogP contribution in [0.4, 0.5) is 11.5 Å². The highest BCUT2D eigenvalue weighted by Gasteiger charge is 2.31. The molecule has 1 aliphatic heterocycles. The van der Waals surface area contributed by atoms with Gasteiger partial charge < -0.3 is 20.4 Å². The SMILES string of the molecule is Nc1cc2oc(C(=O)NCC3CC(=O)N(c4ccc(-n5ccccc5=O)cc4)C3)cc2cn1. The number of nitrogens with zero attached hydrogens (tertiary/aromatic N) is 3. The van der Waals surface area contributed by atoms with Crippen molar-refractivity contribution in [3.63, 3.8) is 0 Å². The molecule has 3 N–H and O–H groups in total. The highest BCUT2D eigenvalue weighted by Crippen LogP contribution is 2.26. The Bertz CT molecular complexity index is 1410. The summed E-state index contributed by atoms with van der Waals surface area (Å²) < 4.78 is 7.10. The number of nitrogen functional groups attached to an aromatic ring is 1. The Morgan fingerprint density at radius 1 is 1.12 bits per heavy atom. The van der Waals surface area contributed by atoms with Gasteiger partial charge in [-0.25, -0.2) is 4.98 Å². The molecule has 1 aliphatic rings. The summed E-state index contributed by atoms with van der Waals surface area (Å²) in [6.07, 6.45) is 3.59. The molecule has 1 atom stereocenters. The Labute approximate surface area is 188 Å². The van der Waals surface area contributed by atoms with E-state index in [1.165, 1.54) is 10.6 Å². The molecule has 1 unspecified atom stereocenters. The second-order valence-corrected chi connectivity index (χ2v) is 7.97. The summed E-state index contributed by atoms with van der Waals surface area (Å²) >= 11 is 0. The summed E-state index contributed by atoms with van der Waals surface area (Å²) in [5, 5.41) is 3.54. The molecule has 4 aromatic rings. The van der Waals surface area contributed by atoms with Gasteiger partial charge in [0.05, 0.1) is 0 Å². The maximum atomic E-state index is 12.6. The van der Waals surface area contributed by atoms with Crippen molar-refractivity contribution in [2.75, 3.05) is 23.7 Å². The van der Waals surface area contributed by atoms with Gasteiger partial charge in [-0.1, -0.05) is 6.07 Å². The number of hydrogen-bond donors (Lipinski definition) is 2. The quantitative estimate of drug-likeness (QED) is 0.488. The zero-order valence-corrected chi connectivity index (χ0v) is 17.6. The number of nitrogens with two attached hydrogens (primary N) is 1. The minimum atomic E-state index is -0.353. The lowest BCUT2D eigenvalue weighted by molar-refractivity contribution is -0.117. The molecule has 3 aromatic heterocycles. The van der Waals surface area contributed by atoms with Crippen LogP contribution in [0.5, 0.6) is 0 Å². The summed E-state index contributed by atoms with van der Waals surface area (Å²) in [5.74, 6) is 0.0969. The van der Waals surface area contributed by atoms with Gasteiger partial charge in [-0.15, -0.1) is 0 Å². The van der Waals surface area contributed by atoms with Gasteiger partial charge >= 0.3 is 0 Å². The van der Waals surface area contributed by atoms with E-state index in [-0.39, 0.29) is 29.1 Å². The lowest BCUT2D eigenvalue weighted by Crippen LogP contribution is -2.31. The molecule has 9 nitrogen and oxygen atoms in total. The van der Waals surface area contributed by atoms with Crippen LogP contribution in [0.2, 0.25) is 0 Å². The smallest absolute Gasteiger partial charge is 0.287 e. The second-order valence-electron chi connectivity index (χ2n) is 7.97. The van der Waals surface area contributed by atoms with Crippen LogP contribution in [0.15, 0.2) is 76.2 Å². The van der Waals surface area contributed by atoms with Crippen molar-refractivity contribution in [3.8, 4) is 5.69 Å². The van der Waals surface area contributed by atoms with Crippen LogP contribution in [0.3, 0.4) is 0 Å². The third-order valence-electron chi connectivity index (χ3n) is 5.66. The van der Waals surface area contributed by atoms with Crippen LogP contribution in [-0.2, 0) is 4.79 Å². The predicted molar refractivity (Wildman–Crippen MR) is 123 cm³/mol. The fourth-order valence-electron chi connectivity index (χ4n) is 3.99. The van der Waals surface area contributed by atoms with Crippen molar-refractivity contribution in [2.45, 2.75) is 6.42 Å². The first-order valence-electron chi connectivity index (χ1n) is 10.5. The first kappa shape index (κ1) is 20.5. The van der Waals surface area contributed by atoms with E-state index in [9.17, 15) is 14.4 Å². The van der Waals surface area contributed by atoms with Gasteiger partial charge in [-0.05, 0) is 36.4 Å². The van der Waals surface area contributed by atoms with E-state index in [1.807, 2.05) is 24.3 Å². The highest BCUT2D eigenvalue weighted by atomic mass is 16.3. The molecular formula is C24H21N5O4. The van der Waals surface area contributed by atoms with E-state index < -0.39 is 0 Å². The Morgan fingerprint density at radius 2 is 1.91 bits per heavy atom. The van der Waals surface area contributed by atoms with Gasteiger partial charge in [0.15, 0.2) is 5.76 Å². The highest BCUT2D eigenvalue weighted by molar-refractivity contribution is 5.97. The molecule has 0 aliphatic carbocycles. The monoisotopic (exact) mass is 443 g/mol. The molecule has 0 bridgehead atoms. The number of rotatable bonds is 5. The number of amides is 2. The molecular weight excluding hydrogens is 422 g/mol. The summed E-state index contributed by atoms with van der Waals surface area (Å²) in [6.45, 7) is 0.834. The second kappa shape index (κ2) is 8.27. The minimum Gasteiger partial charge on any atom is -0.451 e. The van der Waals surface area contributed by atoms with Crippen LogP contribution in [0.25, 0.3) is 16.7 Å². The molecule has 2 amide bonds. The van der Waals surface area contributed by atoms with Gasteiger partial charge in [0, 0.05) is 66.7 Å². The van der Waals surface area contributed by atoms with E-state index in [0.717, 1.165) is 11.4 Å². The van der Waals surface area contributed by atoms with E-state index in [2.05, 4.69) is 10.3 Å². The molecule has 5 rings (SSSR count). The number of anilines is 2. The van der Waals surface area contributed by atoms with Gasteiger partial charge in [0.25, 0.3) is 11.5 Å². The molecule has 33 heavy (non-hydrogen) atoms. The van der Waals surface area contributed by atoms with Crippen molar-refractivity contribution in [1.82, 2.24) is 14.9 Å². The zero-order chi connectivity index (χ0) is 22.9. The number of nitrogens with one attached hydrogen (secondary N) is 1. The third-order valence-corrected chi connectivity index (χ3v) is 5.66. The number of fused-ring (bicyclic) bond motifs is 1. The largest absolute Gasteiger partial charge is 0.451 e. The van der Waals surface area contributed by atoms with Crippen molar-refractivity contribution in [2.24, 2.45) is 5.92 Å². The summed E-state index contributed by atoms with van der Waals surface area (Å²) in [6, 6.07) is 15.4. The Balaban J connectivity index is 1.22. The molecule has 0 saturated carbocycles. The predicted octanol–water partition coefficient (Wildman–Crippen LogP) is 2.34. The molecule has 0 radical (unpaired) electrons. The number of aromatic nitrogens is 2. The fraction of sp³-hybridized carbons (Fsp3) is 0.167. The van der Waals surface area contributed by atoms with Crippen LogP contribution in [-0.4, -0.2) is 34.5 Å². The third kappa shape index (κ3) is 4.08. The zero-order valence-electron chi connectivity index (χ0n) is 17.6. The van der Waals surface area contributed by atoms with E-state index in [1.54, 1.807) is 41.6 Å². The van der Waals surface area contributed by atoms with Crippen LogP contribution >= 0.6 is 0 Å². The van der Waals surface area contributed by atoms with Crippen molar-refractivity contribution >= 4 is 34.3 Å². The number of pyridine rings is 2. The van der Waals surface area contributed by atoms with E-state index in [4.69, 9.17) is 10.2 Å². The number of hydrogen-bond acceptors (Lipinski definition) is 6. The van der Waals surface area contributed by atoms with Gasteiger partial charge in [0.2, 0.25) is 5.91 Å². The molecule has 0 spiro atoms. The van der Waals surface area contributed by atoms with Gasteiger partial charge in [-0.2, -0.15) is 0 Å². The van der Waals surface area contributed by atoms with Crippen LogP contribution in [0.1, 0.15) is 17.0 Å². The standard InChI is InChI=1S/C24H21N5O4/c25-21-11-19-16(13-26-21)10-20(33-19)24(32)27-12-15-9-23(31)29(14-15)18-6-4-17(5-7-18)28-8-2-1-3-22(28)30/h1-8,10-11,13,15H,9,12,14H2,(H2,25,26)(H,27,32). The van der Waals surface area contributed by atoms with E-state index in [0.29, 0.717) is 36.3 Å². The van der Waals surface area contributed by atoms with Gasteiger partial charge in [0.1, 0.15) is 11.4 Å². The average Bonchev–Trinajstić information content (AvgIpc) is 3.41. The fourth-order valence-corrected chi connectivity index (χ4v) is 3.99. The molecule has 166 valence electrons. The summed E-state index contributed by atoms with van der Waals surface area (Å²) in [4.78, 5) is 42.8. The van der Waals surface area contributed by atoms with Crippen molar-refractivity contribution in [1.29, 1.82) is 0 Å². The van der Waals surface area contributed by atoms with E-state index >= 15 is 0 Å². The van der Waals surface area contributed by atoms with Gasteiger partial charge in [-0.3, -0.25) is 19.0 Å². The molecule has 1 fully saturated rings. The first-order valence-corrected chi connectivity index (χ1v) is 10.5. The number of furan rings is 1. The molecule has 1 saturated heterocycles. The van der Waals surface area contributed by atoms with Crippen LogP contribution < -0.4 is 21.5 Å². The topological polar surface area (TPSA) is 123 Å². The normalized spacial score (nSPS) is 15.8. The summed E-state index contributed by atoms with van der Waals surface area (Å²) in [5.41, 5.74) is 7.50. The Kier molecular flexibility index (Phi) is 5.14. The Hall–Kier alpha value is -4.40. The number of carbonyl (C=O) groups is 2. The number of carbonyl (C=O) groups excluding carboxylic acids is 2. The van der Waals surface area contributed by atoms with Crippen LogP contribution in [0, 0.1) is 5.92 Å². The first-order chi connectivity index (χ1) is 16.0. The lowest BCUT2D eigenvalue weighted by atomic mass is 10.1. The molecule has 9 heteroatoms. The maximum Gasteiger partial charge on any atom is 0.287 e. The molecule has 4 heterocycles.